The summed E-state index contributed by atoms with van der Waals surface area (Å²) in [4.78, 5) is 30.9. The number of halogens is 1. The minimum Gasteiger partial charge on any atom is -0.323 e. The Morgan fingerprint density at radius 1 is 1.17 bits per heavy atom. The normalized spacial score (nSPS) is 22.0. The number of piperazine rings is 1. The first-order valence-corrected chi connectivity index (χ1v) is 10.3. The van der Waals surface area contributed by atoms with Gasteiger partial charge in [0.1, 0.15) is 5.82 Å². The molecule has 30 heavy (non-hydrogen) atoms. The van der Waals surface area contributed by atoms with Crippen molar-refractivity contribution in [2.75, 3.05) is 43.4 Å². The Morgan fingerprint density at radius 2 is 1.93 bits per heavy atom. The van der Waals surface area contributed by atoms with Crippen molar-refractivity contribution in [2.45, 2.75) is 25.3 Å². The lowest BCUT2D eigenvalue weighted by Gasteiger charge is -2.46. The maximum absolute atomic E-state index is 13.7. The van der Waals surface area contributed by atoms with Crippen LogP contribution in [0, 0.1) is 5.82 Å². The van der Waals surface area contributed by atoms with Crippen molar-refractivity contribution in [1.82, 2.24) is 9.80 Å². The summed E-state index contributed by atoms with van der Waals surface area (Å²) in [6, 6.07) is 13.8. The molecule has 0 bridgehead atoms. The van der Waals surface area contributed by atoms with E-state index in [2.05, 4.69) is 12.2 Å². The molecule has 4 rings (SSSR count). The highest BCUT2D eigenvalue weighted by Gasteiger charge is 2.48. The third-order valence-corrected chi connectivity index (χ3v) is 6.29. The molecule has 2 aliphatic heterocycles. The molecular formula is C23H27FN4O2. The van der Waals surface area contributed by atoms with Gasteiger partial charge in [-0.2, -0.15) is 0 Å². The summed E-state index contributed by atoms with van der Waals surface area (Å²) in [7, 11) is 1.92. The monoisotopic (exact) mass is 410 g/mol. The quantitative estimate of drug-likeness (QED) is 0.844. The molecule has 6 nitrogen and oxygen atoms in total. The minimum atomic E-state index is -0.366. The Balaban J connectivity index is 1.47. The number of carbonyl (C=O) groups excluding carboxylic acids is 2. The van der Waals surface area contributed by atoms with Gasteiger partial charge in [-0.3, -0.25) is 9.69 Å². The molecule has 0 saturated carbocycles. The highest BCUT2D eigenvalue weighted by molar-refractivity contribution is 5.96. The van der Waals surface area contributed by atoms with Crippen molar-refractivity contribution in [2.24, 2.45) is 0 Å². The Hall–Kier alpha value is -2.93. The SMILES string of the molecule is CCc1ccc(NC(=O)N2CC[C@]3(C2)CN(c2cccc(F)c2)C(=O)CN3C)cc1. The standard InChI is InChI=1S/C23H27FN4O2/c1-3-17-7-9-19(10-8-17)25-22(30)27-12-11-23(15-27)16-28(21(29)14-26(23)2)20-6-4-5-18(24)13-20/h4-10,13H,3,11-12,14-16H2,1-2H3,(H,25,30)/t23-/m0/s1. The number of nitrogens with zero attached hydrogens (tertiary/aromatic N) is 3. The molecule has 2 heterocycles. The fraction of sp³-hybridized carbons (Fsp3) is 0.391. The average molecular weight is 410 g/mol. The molecule has 2 aromatic carbocycles. The van der Waals surface area contributed by atoms with E-state index >= 15 is 0 Å². The number of likely N-dealkylation sites (tertiary alicyclic amines) is 1. The van der Waals surface area contributed by atoms with Gasteiger partial charge in [0.15, 0.2) is 0 Å². The van der Waals surface area contributed by atoms with E-state index in [4.69, 9.17) is 0 Å². The van der Waals surface area contributed by atoms with Gasteiger partial charge in [0, 0.05) is 31.0 Å². The molecule has 158 valence electrons. The zero-order chi connectivity index (χ0) is 21.3. The molecule has 0 radical (unpaired) electrons. The summed E-state index contributed by atoms with van der Waals surface area (Å²) >= 11 is 0. The van der Waals surface area contributed by atoms with Crippen LogP contribution >= 0.6 is 0 Å². The van der Waals surface area contributed by atoms with Gasteiger partial charge in [-0.25, -0.2) is 9.18 Å². The van der Waals surface area contributed by atoms with Crippen molar-refractivity contribution in [3.8, 4) is 0 Å². The molecule has 3 amide bonds. The van der Waals surface area contributed by atoms with Gasteiger partial charge in [-0.05, 0) is 55.8 Å². The van der Waals surface area contributed by atoms with E-state index < -0.39 is 0 Å². The summed E-state index contributed by atoms with van der Waals surface area (Å²) in [5.74, 6) is -0.428. The second-order valence-corrected chi connectivity index (χ2v) is 8.19. The van der Waals surface area contributed by atoms with Gasteiger partial charge in [0.25, 0.3) is 0 Å². The number of anilines is 2. The van der Waals surface area contributed by atoms with Crippen molar-refractivity contribution >= 4 is 23.3 Å². The Bertz CT molecular complexity index is 948. The molecule has 0 aromatic heterocycles. The van der Waals surface area contributed by atoms with Crippen LogP contribution in [0.4, 0.5) is 20.6 Å². The molecular weight excluding hydrogens is 383 g/mol. The van der Waals surface area contributed by atoms with Crippen LogP contribution in [0.2, 0.25) is 0 Å². The van der Waals surface area contributed by atoms with Crippen LogP contribution in [0.3, 0.4) is 0 Å². The zero-order valence-electron chi connectivity index (χ0n) is 17.4. The number of benzene rings is 2. The summed E-state index contributed by atoms with van der Waals surface area (Å²) in [6.07, 6.45) is 1.71. The second-order valence-electron chi connectivity index (χ2n) is 8.19. The van der Waals surface area contributed by atoms with Gasteiger partial charge >= 0.3 is 6.03 Å². The van der Waals surface area contributed by atoms with E-state index in [1.807, 2.05) is 36.2 Å². The van der Waals surface area contributed by atoms with Crippen LogP contribution in [0.5, 0.6) is 0 Å². The van der Waals surface area contributed by atoms with Crippen LogP contribution in [-0.2, 0) is 11.2 Å². The largest absolute Gasteiger partial charge is 0.323 e. The fourth-order valence-corrected chi connectivity index (χ4v) is 4.34. The van der Waals surface area contributed by atoms with E-state index in [0.717, 1.165) is 18.5 Å². The smallest absolute Gasteiger partial charge is 0.321 e. The molecule has 1 atom stereocenters. The molecule has 2 aromatic rings. The van der Waals surface area contributed by atoms with Gasteiger partial charge in [-0.1, -0.05) is 25.1 Å². The molecule has 2 aliphatic rings. The van der Waals surface area contributed by atoms with E-state index in [-0.39, 0.29) is 29.8 Å². The Kier molecular flexibility index (Phi) is 5.47. The highest BCUT2D eigenvalue weighted by Crippen LogP contribution is 2.33. The Morgan fingerprint density at radius 3 is 2.63 bits per heavy atom. The van der Waals surface area contributed by atoms with Crippen LogP contribution in [0.25, 0.3) is 0 Å². The number of urea groups is 1. The van der Waals surface area contributed by atoms with E-state index in [0.29, 0.717) is 25.3 Å². The van der Waals surface area contributed by atoms with Crippen LogP contribution in [0.1, 0.15) is 18.9 Å². The summed E-state index contributed by atoms with van der Waals surface area (Å²) < 4.78 is 13.7. The highest BCUT2D eigenvalue weighted by atomic mass is 19.1. The number of likely N-dealkylation sites (N-methyl/N-ethyl adjacent to an activating group) is 1. The molecule has 0 unspecified atom stereocenters. The molecule has 1 N–H and O–H groups in total. The molecule has 0 aliphatic carbocycles. The van der Waals surface area contributed by atoms with Crippen molar-refractivity contribution < 1.29 is 14.0 Å². The lowest BCUT2D eigenvalue weighted by molar-refractivity contribution is -0.123. The summed E-state index contributed by atoms with van der Waals surface area (Å²) in [6.45, 7) is 3.89. The van der Waals surface area contributed by atoms with E-state index in [1.54, 1.807) is 21.9 Å². The van der Waals surface area contributed by atoms with Crippen molar-refractivity contribution in [3.63, 3.8) is 0 Å². The molecule has 7 heteroatoms. The van der Waals surface area contributed by atoms with Crippen molar-refractivity contribution in [3.05, 3.63) is 59.9 Å². The second kappa shape index (κ2) is 8.07. The predicted octanol–water partition coefficient (Wildman–Crippen LogP) is 3.34. The number of hydrogen-bond acceptors (Lipinski definition) is 3. The third kappa shape index (κ3) is 3.89. The molecule has 2 saturated heterocycles. The Labute approximate surface area is 176 Å². The maximum atomic E-state index is 13.7. The first kappa shape index (κ1) is 20.3. The van der Waals surface area contributed by atoms with Crippen LogP contribution < -0.4 is 10.2 Å². The van der Waals surface area contributed by atoms with Crippen molar-refractivity contribution in [1.29, 1.82) is 0 Å². The van der Waals surface area contributed by atoms with E-state index in [1.165, 1.54) is 17.7 Å². The number of rotatable bonds is 3. The van der Waals surface area contributed by atoms with Gasteiger partial charge in [0.05, 0.1) is 12.1 Å². The van der Waals surface area contributed by atoms with Crippen LogP contribution in [0.15, 0.2) is 48.5 Å². The summed E-state index contributed by atoms with van der Waals surface area (Å²) in [5, 5.41) is 2.97. The fourth-order valence-electron chi connectivity index (χ4n) is 4.34. The number of hydrogen-bond donors (Lipinski definition) is 1. The summed E-state index contributed by atoms with van der Waals surface area (Å²) in [5.41, 5.74) is 2.21. The lowest BCUT2D eigenvalue weighted by atomic mass is 9.92. The maximum Gasteiger partial charge on any atom is 0.321 e. The minimum absolute atomic E-state index is 0.0624. The predicted molar refractivity (Wildman–Crippen MR) is 115 cm³/mol. The van der Waals surface area contributed by atoms with Gasteiger partial charge in [0.2, 0.25) is 5.91 Å². The molecule has 1 spiro atoms. The van der Waals surface area contributed by atoms with Gasteiger partial charge < -0.3 is 15.1 Å². The number of amides is 3. The number of nitrogens with one attached hydrogen (secondary N) is 1. The third-order valence-electron chi connectivity index (χ3n) is 6.29. The number of aryl methyl sites for hydroxylation is 1. The van der Waals surface area contributed by atoms with E-state index in [9.17, 15) is 14.0 Å². The lowest BCUT2D eigenvalue weighted by Crippen LogP contribution is -2.64. The molecule has 2 fully saturated rings. The first-order chi connectivity index (χ1) is 14.4. The number of carbonyl (C=O) groups is 2. The van der Waals surface area contributed by atoms with Gasteiger partial charge in [-0.15, -0.1) is 0 Å². The first-order valence-electron chi connectivity index (χ1n) is 10.3. The zero-order valence-corrected chi connectivity index (χ0v) is 17.4. The average Bonchev–Trinajstić information content (AvgIpc) is 3.17. The topological polar surface area (TPSA) is 55.9 Å². The van der Waals surface area contributed by atoms with Crippen LogP contribution in [-0.4, -0.2) is 60.5 Å².